The maximum absolute atomic E-state index is 11.6. The van der Waals surface area contributed by atoms with Crippen LogP contribution >= 0.6 is 0 Å². The van der Waals surface area contributed by atoms with Gasteiger partial charge in [-0.15, -0.1) is 0 Å². The highest BCUT2D eigenvalue weighted by Gasteiger charge is 2.34. The van der Waals surface area contributed by atoms with Gasteiger partial charge in [0, 0.05) is 5.56 Å². The van der Waals surface area contributed by atoms with E-state index in [2.05, 4.69) is 0 Å². The van der Waals surface area contributed by atoms with Crippen molar-refractivity contribution in [2.75, 3.05) is 0 Å². The summed E-state index contributed by atoms with van der Waals surface area (Å²) in [4.78, 5) is 11.6. The number of rotatable bonds is 2. The maximum atomic E-state index is 11.6. The third-order valence-electron chi connectivity index (χ3n) is 1.75. The largest absolute Gasteiger partial charge is 0.295 e. The molecule has 2 N–H and O–H groups in total. The molecule has 0 bridgehead atoms. The van der Waals surface area contributed by atoms with Gasteiger partial charge in [0.15, 0.2) is 0 Å². The van der Waals surface area contributed by atoms with Crippen molar-refractivity contribution in [2.24, 2.45) is 5.73 Å². The van der Waals surface area contributed by atoms with Gasteiger partial charge in [0.25, 0.3) is 5.54 Å². The fraction of sp³-hybridized carbons (Fsp3) is 0.100. The Morgan fingerprint density at radius 2 is 1.71 bits per heavy atom. The van der Waals surface area contributed by atoms with Crippen molar-refractivity contribution in [3.05, 3.63) is 35.9 Å². The Balaban J connectivity index is 3.11. The second-order valence-electron chi connectivity index (χ2n) is 2.73. The Morgan fingerprint density at radius 3 is 2.14 bits per heavy atom. The van der Waals surface area contributed by atoms with Crippen LogP contribution in [0.1, 0.15) is 10.4 Å². The zero-order valence-electron chi connectivity index (χ0n) is 7.27. The van der Waals surface area contributed by atoms with Crippen LogP contribution in [0.2, 0.25) is 0 Å². The summed E-state index contributed by atoms with van der Waals surface area (Å²) in [6, 6.07) is 11.0. The Morgan fingerprint density at radius 1 is 1.21 bits per heavy atom. The standard InChI is InChI=1S/C10H7N3O/c11-6-10(13,7-12)9(14)8-4-2-1-3-5-8/h1-5H,13H2. The molecule has 4 heteroatoms. The van der Waals surface area contributed by atoms with Gasteiger partial charge >= 0.3 is 0 Å². The van der Waals surface area contributed by atoms with E-state index in [0.29, 0.717) is 0 Å². The van der Waals surface area contributed by atoms with Crippen LogP contribution in [0, 0.1) is 22.7 Å². The summed E-state index contributed by atoms with van der Waals surface area (Å²) in [5.41, 5.74) is 3.48. The lowest BCUT2D eigenvalue weighted by Gasteiger charge is -2.09. The lowest BCUT2D eigenvalue weighted by Crippen LogP contribution is -2.45. The van der Waals surface area contributed by atoms with Crippen LogP contribution in [0.5, 0.6) is 0 Å². The molecule has 4 nitrogen and oxygen atoms in total. The molecule has 0 fully saturated rings. The highest BCUT2D eigenvalue weighted by atomic mass is 16.1. The first-order valence-electron chi connectivity index (χ1n) is 3.85. The fourth-order valence-electron chi connectivity index (χ4n) is 0.944. The summed E-state index contributed by atoms with van der Waals surface area (Å²) in [5.74, 6) is -0.678. The first kappa shape index (κ1) is 9.91. The highest BCUT2D eigenvalue weighted by Crippen LogP contribution is 2.09. The van der Waals surface area contributed by atoms with Gasteiger partial charge in [0.2, 0.25) is 5.78 Å². The van der Waals surface area contributed by atoms with E-state index in [4.69, 9.17) is 16.3 Å². The van der Waals surface area contributed by atoms with Crippen LogP contribution in [0.3, 0.4) is 0 Å². The zero-order chi connectivity index (χ0) is 10.6. The van der Waals surface area contributed by atoms with E-state index in [1.165, 1.54) is 24.3 Å². The van der Waals surface area contributed by atoms with Crippen molar-refractivity contribution in [1.29, 1.82) is 10.5 Å². The summed E-state index contributed by atoms with van der Waals surface area (Å²) in [6.07, 6.45) is 0. The van der Waals surface area contributed by atoms with Crippen LogP contribution in [-0.2, 0) is 0 Å². The van der Waals surface area contributed by atoms with Crippen LogP contribution in [-0.4, -0.2) is 11.3 Å². The van der Waals surface area contributed by atoms with Crippen molar-refractivity contribution >= 4 is 5.78 Å². The van der Waals surface area contributed by atoms with E-state index in [1.807, 2.05) is 0 Å². The Hall–Kier alpha value is -2.17. The molecule has 0 saturated carbocycles. The topological polar surface area (TPSA) is 90.7 Å². The zero-order valence-corrected chi connectivity index (χ0v) is 7.27. The molecule has 1 aromatic rings. The molecule has 14 heavy (non-hydrogen) atoms. The van der Waals surface area contributed by atoms with Gasteiger partial charge < -0.3 is 0 Å². The number of hydrogen-bond donors (Lipinski definition) is 1. The molecule has 1 aromatic carbocycles. The predicted molar refractivity (Wildman–Crippen MR) is 48.9 cm³/mol. The van der Waals surface area contributed by atoms with E-state index in [-0.39, 0.29) is 5.56 Å². The van der Waals surface area contributed by atoms with Crippen molar-refractivity contribution in [3.63, 3.8) is 0 Å². The molecule has 0 atom stereocenters. The van der Waals surface area contributed by atoms with Crippen LogP contribution in [0.4, 0.5) is 0 Å². The minimum absolute atomic E-state index is 0.262. The van der Waals surface area contributed by atoms with Gasteiger partial charge in [-0.2, -0.15) is 10.5 Å². The Kier molecular flexibility index (Phi) is 2.62. The average Bonchev–Trinajstić information content (AvgIpc) is 2.28. The first-order valence-corrected chi connectivity index (χ1v) is 3.85. The second kappa shape index (κ2) is 3.69. The van der Waals surface area contributed by atoms with Gasteiger partial charge in [-0.25, -0.2) is 0 Å². The summed E-state index contributed by atoms with van der Waals surface area (Å²) >= 11 is 0. The van der Waals surface area contributed by atoms with Gasteiger partial charge in [0.05, 0.1) is 0 Å². The van der Waals surface area contributed by atoms with Gasteiger partial charge in [-0.05, 0) is 0 Å². The molecule has 0 amide bonds. The second-order valence-corrected chi connectivity index (χ2v) is 2.73. The van der Waals surface area contributed by atoms with Crippen molar-refractivity contribution in [2.45, 2.75) is 5.54 Å². The van der Waals surface area contributed by atoms with Gasteiger partial charge in [-0.1, -0.05) is 30.3 Å². The third kappa shape index (κ3) is 1.61. The minimum atomic E-state index is -2.08. The average molecular weight is 185 g/mol. The summed E-state index contributed by atoms with van der Waals surface area (Å²) in [7, 11) is 0. The number of carbonyl (C=O) groups is 1. The van der Waals surface area contributed by atoms with Gasteiger partial charge in [0.1, 0.15) is 12.1 Å². The molecule has 0 unspecified atom stereocenters. The van der Waals surface area contributed by atoms with E-state index >= 15 is 0 Å². The van der Waals surface area contributed by atoms with E-state index in [9.17, 15) is 4.79 Å². The van der Waals surface area contributed by atoms with E-state index in [0.717, 1.165) is 0 Å². The van der Waals surface area contributed by atoms with Crippen LogP contribution in [0.25, 0.3) is 0 Å². The quantitative estimate of drug-likeness (QED) is 0.683. The molecule has 0 aliphatic rings. The number of ketones is 1. The Bertz CT molecular complexity index is 411. The van der Waals surface area contributed by atoms with Crippen molar-refractivity contribution in [3.8, 4) is 12.1 Å². The number of benzene rings is 1. The number of carbonyl (C=O) groups excluding carboxylic acids is 1. The highest BCUT2D eigenvalue weighted by molar-refractivity contribution is 6.07. The van der Waals surface area contributed by atoms with E-state index in [1.54, 1.807) is 18.2 Å². The van der Waals surface area contributed by atoms with Gasteiger partial charge in [-0.3, -0.25) is 10.5 Å². The number of nitrogens with two attached hydrogens (primary N) is 1. The summed E-state index contributed by atoms with van der Waals surface area (Å²) in [5, 5.41) is 17.2. The van der Waals surface area contributed by atoms with Crippen molar-refractivity contribution in [1.82, 2.24) is 0 Å². The molecular weight excluding hydrogens is 178 g/mol. The van der Waals surface area contributed by atoms with Crippen LogP contribution in [0.15, 0.2) is 30.3 Å². The maximum Gasteiger partial charge on any atom is 0.254 e. The molecule has 0 radical (unpaired) electrons. The lowest BCUT2D eigenvalue weighted by atomic mass is 9.93. The lowest BCUT2D eigenvalue weighted by molar-refractivity contribution is 0.0953. The molecule has 68 valence electrons. The smallest absolute Gasteiger partial charge is 0.254 e. The molecule has 1 rings (SSSR count). The predicted octanol–water partition coefficient (Wildman–Crippen LogP) is 0.614. The van der Waals surface area contributed by atoms with Crippen molar-refractivity contribution < 1.29 is 4.79 Å². The molecule has 0 aliphatic heterocycles. The molecule has 0 spiro atoms. The summed E-state index contributed by atoms with van der Waals surface area (Å²) < 4.78 is 0. The fourth-order valence-corrected chi connectivity index (χ4v) is 0.944. The number of Topliss-reactive ketones (excluding diaryl/α,β-unsaturated/α-hetero) is 1. The SMILES string of the molecule is N#CC(N)(C#N)C(=O)c1ccccc1. The molecule has 0 aromatic heterocycles. The molecule has 0 saturated heterocycles. The molecule has 0 aliphatic carbocycles. The summed E-state index contributed by atoms with van der Waals surface area (Å²) in [6.45, 7) is 0. The monoisotopic (exact) mass is 185 g/mol. The number of hydrogen-bond acceptors (Lipinski definition) is 4. The minimum Gasteiger partial charge on any atom is -0.295 e. The molecule has 0 heterocycles. The number of nitriles is 2. The Labute approximate surface area is 81.2 Å². The molecular formula is C10H7N3O. The van der Waals surface area contributed by atoms with Crippen LogP contribution < -0.4 is 5.73 Å². The first-order chi connectivity index (χ1) is 6.64. The third-order valence-corrected chi connectivity index (χ3v) is 1.75. The van der Waals surface area contributed by atoms with E-state index < -0.39 is 11.3 Å². The number of nitrogens with zero attached hydrogens (tertiary/aromatic N) is 2. The normalized spacial score (nSPS) is 9.93.